The van der Waals surface area contributed by atoms with Crippen LogP contribution in [0.15, 0.2) is 47.4 Å². The van der Waals surface area contributed by atoms with Crippen LogP contribution in [0.25, 0.3) is 0 Å². The first-order valence-electron chi connectivity index (χ1n) is 11.5. The first-order chi connectivity index (χ1) is 16.6. The Morgan fingerprint density at radius 1 is 0.971 bits per heavy atom. The number of rotatable bonds is 5. The number of hydrogen-bond acceptors (Lipinski definition) is 5. The van der Waals surface area contributed by atoms with E-state index >= 15 is 0 Å². The molecule has 2 aromatic carbocycles. The second-order valence-electron chi connectivity index (χ2n) is 8.94. The van der Waals surface area contributed by atoms with E-state index in [1.54, 1.807) is 24.3 Å². The lowest BCUT2D eigenvalue weighted by atomic mass is 9.98. The molecule has 0 unspecified atom stereocenters. The number of benzene rings is 2. The summed E-state index contributed by atoms with van der Waals surface area (Å²) in [5.41, 5.74) is 1.13. The van der Waals surface area contributed by atoms with Crippen molar-refractivity contribution in [3.05, 3.63) is 58.1 Å². The third-order valence-corrected chi connectivity index (χ3v) is 9.04. The molecule has 188 valence electrons. The van der Waals surface area contributed by atoms with Gasteiger partial charge in [-0.15, -0.1) is 0 Å². The molecule has 2 saturated heterocycles. The molecule has 2 aliphatic rings. The minimum atomic E-state index is -3.89. The van der Waals surface area contributed by atoms with Crippen LogP contribution in [0.5, 0.6) is 0 Å². The van der Waals surface area contributed by atoms with Crippen molar-refractivity contribution in [2.24, 2.45) is 5.92 Å². The molecular weight excluding hydrogens is 511 g/mol. The molecule has 2 amide bonds. The van der Waals surface area contributed by atoms with Crippen LogP contribution in [0, 0.1) is 5.92 Å². The van der Waals surface area contributed by atoms with E-state index in [2.05, 4.69) is 10.2 Å². The van der Waals surface area contributed by atoms with Crippen molar-refractivity contribution in [1.82, 2.24) is 14.1 Å². The molecule has 0 bridgehead atoms. The van der Waals surface area contributed by atoms with Crippen LogP contribution in [-0.4, -0.2) is 80.7 Å². The summed E-state index contributed by atoms with van der Waals surface area (Å²) in [7, 11) is -1.86. The van der Waals surface area contributed by atoms with Gasteiger partial charge in [-0.1, -0.05) is 23.2 Å². The highest BCUT2D eigenvalue weighted by molar-refractivity contribution is 7.89. The summed E-state index contributed by atoms with van der Waals surface area (Å²) in [6, 6.07) is 11.1. The monoisotopic (exact) mass is 538 g/mol. The lowest BCUT2D eigenvalue weighted by Crippen LogP contribution is -2.47. The van der Waals surface area contributed by atoms with Gasteiger partial charge in [0.15, 0.2) is 0 Å². The Balaban J connectivity index is 1.39. The molecule has 2 aliphatic heterocycles. The largest absolute Gasteiger partial charge is 0.336 e. The summed E-state index contributed by atoms with van der Waals surface area (Å²) in [6.45, 7) is 3.43. The summed E-state index contributed by atoms with van der Waals surface area (Å²) in [5, 5.41) is 3.22. The molecule has 4 rings (SSSR count). The van der Waals surface area contributed by atoms with E-state index in [0.29, 0.717) is 43.7 Å². The minimum Gasteiger partial charge on any atom is -0.336 e. The van der Waals surface area contributed by atoms with E-state index in [9.17, 15) is 18.0 Å². The molecule has 0 aliphatic carbocycles. The number of carbonyl (C=O) groups excluding carboxylic acids is 2. The first kappa shape index (κ1) is 25.9. The Morgan fingerprint density at radius 2 is 1.66 bits per heavy atom. The molecule has 1 atom stereocenters. The molecule has 2 fully saturated rings. The van der Waals surface area contributed by atoms with E-state index in [1.807, 2.05) is 11.9 Å². The minimum absolute atomic E-state index is 0.0243. The summed E-state index contributed by atoms with van der Waals surface area (Å²) in [6.07, 6.45) is 1.12. The van der Waals surface area contributed by atoms with Crippen LogP contribution in [-0.2, 0) is 14.8 Å². The molecule has 11 heteroatoms. The Labute approximate surface area is 215 Å². The van der Waals surface area contributed by atoms with Gasteiger partial charge in [-0.2, -0.15) is 4.31 Å². The van der Waals surface area contributed by atoms with Gasteiger partial charge in [0.25, 0.3) is 5.91 Å². The third-order valence-electron chi connectivity index (χ3n) is 6.46. The van der Waals surface area contributed by atoms with Gasteiger partial charge in [0.2, 0.25) is 15.9 Å². The number of nitrogens with zero attached hydrogens (tertiary/aromatic N) is 3. The van der Waals surface area contributed by atoms with E-state index in [4.69, 9.17) is 23.2 Å². The number of piperazine rings is 1. The zero-order chi connectivity index (χ0) is 25.2. The number of amides is 2. The smallest absolute Gasteiger partial charge is 0.253 e. The average molecular weight is 539 g/mol. The molecule has 0 aromatic heterocycles. The fourth-order valence-corrected chi connectivity index (χ4v) is 6.58. The maximum Gasteiger partial charge on any atom is 0.253 e. The number of halogens is 2. The van der Waals surface area contributed by atoms with Gasteiger partial charge >= 0.3 is 0 Å². The molecule has 0 spiro atoms. The predicted octanol–water partition coefficient (Wildman–Crippen LogP) is 3.42. The Bertz CT molecular complexity index is 1200. The van der Waals surface area contributed by atoms with Gasteiger partial charge in [-0.3, -0.25) is 9.59 Å². The number of carbonyl (C=O) groups is 2. The van der Waals surface area contributed by atoms with Crippen molar-refractivity contribution in [2.75, 3.05) is 51.6 Å². The SMILES string of the molecule is CN1CCN(C(=O)c2ccc(NC(=O)[C@H]3CCCN(S(=O)(=O)c4cc(Cl)ccc4Cl)C3)cc2)CC1. The van der Waals surface area contributed by atoms with Crippen molar-refractivity contribution in [3.8, 4) is 0 Å². The van der Waals surface area contributed by atoms with Crippen LogP contribution >= 0.6 is 23.2 Å². The van der Waals surface area contributed by atoms with Crippen LogP contribution < -0.4 is 5.32 Å². The number of anilines is 1. The summed E-state index contributed by atoms with van der Waals surface area (Å²) in [4.78, 5) is 29.6. The van der Waals surface area contributed by atoms with Gasteiger partial charge in [0.1, 0.15) is 4.90 Å². The number of nitrogens with one attached hydrogen (secondary N) is 1. The van der Waals surface area contributed by atoms with E-state index in [1.165, 1.54) is 22.5 Å². The predicted molar refractivity (Wildman–Crippen MR) is 136 cm³/mol. The highest BCUT2D eigenvalue weighted by atomic mass is 35.5. The molecular formula is C24H28Cl2N4O4S. The maximum atomic E-state index is 13.1. The molecule has 0 saturated carbocycles. The fourth-order valence-electron chi connectivity index (χ4n) is 4.32. The highest BCUT2D eigenvalue weighted by Gasteiger charge is 2.34. The van der Waals surface area contributed by atoms with Crippen molar-refractivity contribution < 1.29 is 18.0 Å². The molecule has 2 aromatic rings. The standard InChI is InChI=1S/C24H28Cl2N4O4S/c1-28-11-13-29(14-12-28)24(32)17-4-7-20(8-5-17)27-23(31)18-3-2-10-30(16-18)35(33,34)22-15-19(25)6-9-21(22)26/h4-9,15,18H,2-3,10-14,16H2,1H3,(H,27,31)/t18-/m0/s1. The number of sulfonamides is 1. The van der Waals surface area contributed by atoms with Gasteiger partial charge in [0, 0.05) is 55.5 Å². The van der Waals surface area contributed by atoms with Crippen molar-refractivity contribution in [2.45, 2.75) is 17.7 Å². The second-order valence-corrected chi connectivity index (χ2v) is 11.7. The zero-order valence-electron chi connectivity index (χ0n) is 19.4. The molecule has 1 N–H and O–H groups in total. The first-order valence-corrected chi connectivity index (χ1v) is 13.7. The fraction of sp³-hybridized carbons (Fsp3) is 0.417. The van der Waals surface area contributed by atoms with Gasteiger partial charge in [-0.25, -0.2) is 8.42 Å². The van der Waals surface area contributed by atoms with Crippen LogP contribution in [0.3, 0.4) is 0 Å². The van der Waals surface area contributed by atoms with E-state index in [0.717, 1.165) is 13.1 Å². The molecule has 0 radical (unpaired) electrons. The van der Waals surface area contributed by atoms with Crippen molar-refractivity contribution >= 4 is 50.7 Å². The summed E-state index contributed by atoms with van der Waals surface area (Å²) < 4.78 is 27.6. The zero-order valence-corrected chi connectivity index (χ0v) is 21.7. The maximum absolute atomic E-state index is 13.1. The quantitative estimate of drug-likeness (QED) is 0.629. The molecule has 8 nitrogen and oxygen atoms in total. The third kappa shape index (κ3) is 5.98. The summed E-state index contributed by atoms with van der Waals surface area (Å²) >= 11 is 12.1. The lowest BCUT2D eigenvalue weighted by molar-refractivity contribution is -0.120. The van der Waals surface area contributed by atoms with Gasteiger partial charge in [0.05, 0.1) is 10.9 Å². The van der Waals surface area contributed by atoms with E-state index in [-0.39, 0.29) is 33.3 Å². The van der Waals surface area contributed by atoms with Crippen LogP contribution in [0.4, 0.5) is 5.69 Å². The average Bonchev–Trinajstić information content (AvgIpc) is 2.86. The molecule has 2 heterocycles. The van der Waals surface area contributed by atoms with Gasteiger partial charge in [-0.05, 0) is 62.4 Å². The highest BCUT2D eigenvalue weighted by Crippen LogP contribution is 2.30. The topological polar surface area (TPSA) is 90.0 Å². The van der Waals surface area contributed by atoms with Crippen molar-refractivity contribution in [1.29, 1.82) is 0 Å². The normalized spacial score (nSPS) is 20.0. The number of piperidine rings is 1. The Hall–Kier alpha value is -2.17. The van der Waals surface area contributed by atoms with Gasteiger partial charge < -0.3 is 15.1 Å². The van der Waals surface area contributed by atoms with Crippen LogP contribution in [0.1, 0.15) is 23.2 Å². The van der Waals surface area contributed by atoms with Crippen molar-refractivity contribution in [3.63, 3.8) is 0 Å². The molecule has 35 heavy (non-hydrogen) atoms. The Morgan fingerprint density at radius 3 is 2.34 bits per heavy atom. The Kier molecular flexibility index (Phi) is 8.02. The second kappa shape index (κ2) is 10.8. The van der Waals surface area contributed by atoms with E-state index < -0.39 is 15.9 Å². The number of likely N-dealkylation sites (N-methyl/N-ethyl adjacent to an activating group) is 1. The summed E-state index contributed by atoms with van der Waals surface area (Å²) in [5.74, 6) is -0.799. The number of hydrogen-bond donors (Lipinski definition) is 1. The lowest BCUT2D eigenvalue weighted by Gasteiger charge is -2.32. The van der Waals surface area contributed by atoms with Crippen LogP contribution in [0.2, 0.25) is 10.0 Å².